The van der Waals surface area contributed by atoms with Gasteiger partial charge >= 0.3 is 0 Å². The largest absolute Gasteiger partial charge is 0.324 e. The summed E-state index contributed by atoms with van der Waals surface area (Å²) in [4.78, 5) is 28.7. The van der Waals surface area contributed by atoms with Gasteiger partial charge in [0, 0.05) is 27.1 Å². The van der Waals surface area contributed by atoms with Gasteiger partial charge in [-0.05, 0) is 42.5 Å². The van der Waals surface area contributed by atoms with Crippen molar-refractivity contribution in [3.63, 3.8) is 0 Å². The number of rotatable bonds is 2. The van der Waals surface area contributed by atoms with E-state index in [0.29, 0.717) is 5.02 Å². The van der Waals surface area contributed by atoms with Crippen LogP contribution in [0.2, 0.25) is 5.02 Å². The Balaban J connectivity index is 1.80. The number of benzene rings is 1. The van der Waals surface area contributed by atoms with Gasteiger partial charge in [0.05, 0.1) is 6.04 Å². The monoisotopic (exact) mass is 388 g/mol. The van der Waals surface area contributed by atoms with Gasteiger partial charge in [-0.2, -0.15) is 0 Å². The van der Waals surface area contributed by atoms with Crippen molar-refractivity contribution < 1.29 is 9.59 Å². The van der Waals surface area contributed by atoms with Crippen LogP contribution in [0.4, 0.5) is 5.69 Å². The number of halogens is 1. The van der Waals surface area contributed by atoms with Gasteiger partial charge in [-0.1, -0.05) is 36.9 Å². The molecule has 6 heteroatoms. The molecular formula is C20H21ClN2O2S. The fourth-order valence-electron chi connectivity index (χ4n) is 4.02. The topological polar surface area (TPSA) is 49.4 Å². The van der Waals surface area contributed by atoms with Crippen molar-refractivity contribution in [2.75, 3.05) is 11.9 Å². The summed E-state index contributed by atoms with van der Waals surface area (Å²) in [7, 11) is 0. The molecule has 1 fully saturated rings. The number of nitrogens with one attached hydrogen (secondary N) is 1. The van der Waals surface area contributed by atoms with E-state index in [1.165, 1.54) is 6.42 Å². The second-order valence-corrected chi connectivity index (χ2v) is 8.41. The lowest BCUT2D eigenvalue weighted by molar-refractivity contribution is -0.140. The van der Waals surface area contributed by atoms with Crippen LogP contribution in [-0.2, 0) is 9.59 Å². The number of carbonyl (C=O) groups is 2. The predicted octanol–water partition coefficient (Wildman–Crippen LogP) is 4.85. The quantitative estimate of drug-likeness (QED) is 0.799. The Bertz CT molecular complexity index is 815. The third-order valence-corrected chi connectivity index (χ3v) is 6.42. The second kappa shape index (κ2) is 7.41. The number of fused-ring (bicyclic) bond motifs is 1. The zero-order chi connectivity index (χ0) is 18.1. The van der Waals surface area contributed by atoms with Gasteiger partial charge in [0.1, 0.15) is 6.54 Å². The number of hydrogen-bond acceptors (Lipinski definition) is 3. The zero-order valence-electron chi connectivity index (χ0n) is 14.4. The summed E-state index contributed by atoms with van der Waals surface area (Å²) in [6, 6.07) is 9.19. The molecule has 4 rings (SSSR count). The highest BCUT2D eigenvalue weighted by Crippen LogP contribution is 2.40. The first-order valence-electron chi connectivity index (χ1n) is 9.06. The third-order valence-electron chi connectivity index (χ3n) is 5.26. The van der Waals surface area contributed by atoms with E-state index in [9.17, 15) is 9.59 Å². The number of carbonyl (C=O) groups excluding carboxylic acids is 2. The van der Waals surface area contributed by atoms with Gasteiger partial charge in [-0.15, -0.1) is 11.3 Å². The van der Waals surface area contributed by atoms with Crippen LogP contribution in [0.15, 0.2) is 35.7 Å². The minimum Gasteiger partial charge on any atom is -0.324 e. The molecule has 4 nitrogen and oxygen atoms in total. The standard InChI is InChI=1S/C20H21ClN2O2S/c21-14-8-9-16-15(11-14)19(17-7-4-10-26-17)23(12-18(24)22-16)20(25)13-5-2-1-3-6-13/h4,7-11,13,19H,1-3,5-6,12H2,(H,22,24). The summed E-state index contributed by atoms with van der Waals surface area (Å²) in [6.45, 7) is 0.0736. The minimum absolute atomic E-state index is 0.0137. The molecule has 136 valence electrons. The molecule has 2 amide bonds. The third kappa shape index (κ3) is 3.38. The Morgan fingerprint density at radius 3 is 2.73 bits per heavy atom. The van der Waals surface area contributed by atoms with Crippen LogP contribution in [0, 0.1) is 5.92 Å². The second-order valence-electron chi connectivity index (χ2n) is 7.00. The molecule has 1 saturated carbocycles. The van der Waals surface area contributed by atoms with E-state index in [1.54, 1.807) is 22.3 Å². The molecule has 2 aliphatic rings. The highest BCUT2D eigenvalue weighted by atomic mass is 35.5. The highest BCUT2D eigenvalue weighted by Gasteiger charge is 2.37. The van der Waals surface area contributed by atoms with E-state index < -0.39 is 0 Å². The number of anilines is 1. The van der Waals surface area contributed by atoms with Crippen LogP contribution in [0.1, 0.15) is 48.6 Å². The molecule has 1 aromatic carbocycles. The number of thiophene rings is 1. The van der Waals surface area contributed by atoms with E-state index >= 15 is 0 Å². The SMILES string of the molecule is O=C1CN(C(=O)C2CCCCC2)C(c2cccs2)c2cc(Cl)ccc2N1. The lowest BCUT2D eigenvalue weighted by Crippen LogP contribution is -2.42. The maximum absolute atomic E-state index is 13.4. The molecular weight excluding hydrogens is 368 g/mol. The molecule has 1 aliphatic carbocycles. The first kappa shape index (κ1) is 17.6. The fraction of sp³-hybridized carbons (Fsp3) is 0.400. The highest BCUT2D eigenvalue weighted by molar-refractivity contribution is 7.10. The average Bonchev–Trinajstić information content (AvgIpc) is 3.13. The lowest BCUT2D eigenvalue weighted by Gasteiger charge is -2.33. The fourth-order valence-corrected chi connectivity index (χ4v) is 5.06. The average molecular weight is 389 g/mol. The maximum atomic E-state index is 13.4. The molecule has 0 bridgehead atoms. The van der Waals surface area contributed by atoms with Crippen molar-refractivity contribution in [1.82, 2.24) is 4.90 Å². The van der Waals surface area contributed by atoms with Gasteiger partial charge < -0.3 is 10.2 Å². The Hall–Kier alpha value is -1.85. The molecule has 1 N–H and O–H groups in total. The normalized spacial score (nSPS) is 21.0. The summed E-state index contributed by atoms with van der Waals surface area (Å²) >= 11 is 7.86. The Labute approximate surface area is 162 Å². The van der Waals surface area contributed by atoms with Gasteiger partial charge in [-0.3, -0.25) is 9.59 Å². The molecule has 1 aromatic heterocycles. The summed E-state index contributed by atoms with van der Waals surface area (Å²) < 4.78 is 0. The van der Waals surface area contributed by atoms with Crippen LogP contribution in [0.25, 0.3) is 0 Å². The summed E-state index contributed by atoms with van der Waals surface area (Å²) in [5.74, 6) is -0.0531. The van der Waals surface area contributed by atoms with Gasteiger partial charge in [-0.25, -0.2) is 0 Å². The number of hydrogen-bond donors (Lipinski definition) is 1. The Morgan fingerprint density at radius 2 is 2.00 bits per heavy atom. The minimum atomic E-state index is -0.280. The molecule has 1 atom stereocenters. The van der Waals surface area contributed by atoms with Crippen LogP contribution < -0.4 is 5.32 Å². The molecule has 2 heterocycles. The Kier molecular flexibility index (Phi) is 5.00. The van der Waals surface area contributed by atoms with Gasteiger partial charge in [0.25, 0.3) is 0 Å². The molecule has 1 aliphatic heterocycles. The van der Waals surface area contributed by atoms with E-state index in [-0.39, 0.29) is 30.3 Å². The maximum Gasteiger partial charge on any atom is 0.244 e. The van der Waals surface area contributed by atoms with Crippen LogP contribution in [0.3, 0.4) is 0 Å². The van der Waals surface area contributed by atoms with E-state index in [2.05, 4.69) is 5.32 Å². The Morgan fingerprint density at radius 1 is 1.19 bits per heavy atom. The first-order chi connectivity index (χ1) is 12.6. The summed E-state index contributed by atoms with van der Waals surface area (Å²) in [5.41, 5.74) is 1.62. The van der Waals surface area contributed by atoms with E-state index in [0.717, 1.165) is 41.8 Å². The summed E-state index contributed by atoms with van der Waals surface area (Å²) in [6.07, 6.45) is 5.19. The van der Waals surface area contributed by atoms with Crippen molar-refractivity contribution >= 4 is 40.4 Å². The number of nitrogens with zero attached hydrogens (tertiary/aromatic N) is 1. The van der Waals surface area contributed by atoms with Gasteiger partial charge in [0.15, 0.2) is 0 Å². The molecule has 2 aromatic rings. The van der Waals surface area contributed by atoms with Gasteiger partial charge in [0.2, 0.25) is 11.8 Å². The van der Waals surface area contributed by atoms with Crippen LogP contribution >= 0.6 is 22.9 Å². The molecule has 0 spiro atoms. The molecule has 1 unspecified atom stereocenters. The van der Waals surface area contributed by atoms with Crippen molar-refractivity contribution in [3.05, 3.63) is 51.2 Å². The van der Waals surface area contributed by atoms with Crippen LogP contribution in [-0.4, -0.2) is 23.3 Å². The predicted molar refractivity (Wildman–Crippen MR) is 105 cm³/mol. The van der Waals surface area contributed by atoms with E-state index in [1.807, 2.05) is 29.6 Å². The van der Waals surface area contributed by atoms with E-state index in [4.69, 9.17) is 11.6 Å². The number of amides is 2. The molecule has 26 heavy (non-hydrogen) atoms. The van der Waals surface area contributed by atoms with Crippen molar-refractivity contribution in [3.8, 4) is 0 Å². The zero-order valence-corrected chi connectivity index (χ0v) is 16.0. The van der Waals surface area contributed by atoms with Crippen molar-refractivity contribution in [2.24, 2.45) is 5.92 Å². The molecule has 0 radical (unpaired) electrons. The van der Waals surface area contributed by atoms with Crippen molar-refractivity contribution in [2.45, 2.75) is 38.1 Å². The summed E-state index contributed by atoms with van der Waals surface area (Å²) in [5, 5.41) is 5.55. The molecule has 0 saturated heterocycles. The smallest absolute Gasteiger partial charge is 0.244 e. The van der Waals surface area contributed by atoms with Crippen molar-refractivity contribution in [1.29, 1.82) is 0 Å². The lowest BCUT2D eigenvalue weighted by atomic mass is 9.87. The van der Waals surface area contributed by atoms with Crippen LogP contribution in [0.5, 0.6) is 0 Å². The first-order valence-corrected chi connectivity index (χ1v) is 10.3.